The van der Waals surface area contributed by atoms with Crippen LogP contribution in [0.5, 0.6) is 0 Å². The number of halogens is 3. The van der Waals surface area contributed by atoms with Crippen LogP contribution in [0.15, 0.2) is 43.8 Å². The fourth-order valence-corrected chi connectivity index (χ4v) is 2.24. The number of carbonyl (C=O) groups excluding carboxylic acids is 1. The first-order valence-electron chi connectivity index (χ1n) is 6.13. The lowest BCUT2D eigenvalue weighted by molar-refractivity contribution is 0.261. The molecule has 3 aromatic rings. The first-order valence-corrected chi connectivity index (χ1v) is 7.68. The van der Waals surface area contributed by atoms with Crippen molar-refractivity contribution in [3.63, 3.8) is 0 Å². The van der Waals surface area contributed by atoms with Gasteiger partial charge >= 0.3 is 12.0 Å². The van der Waals surface area contributed by atoms with Gasteiger partial charge in [-0.2, -0.15) is 0 Å². The van der Waals surface area contributed by atoms with E-state index in [0.29, 0.717) is 26.2 Å². The first kappa shape index (κ1) is 15.9. The minimum absolute atomic E-state index is 0.0786. The molecule has 0 radical (unpaired) electrons. The van der Waals surface area contributed by atoms with Crippen LogP contribution in [-0.2, 0) is 0 Å². The van der Waals surface area contributed by atoms with Crippen molar-refractivity contribution in [2.75, 3.05) is 10.6 Å². The summed E-state index contributed by atoms with van der Waals surface area (Å²) >= 11 is 14.8. The molecule has 0 aliphatic rings. The second-order valence-corrected chi connectivity index (χ2v) is 5.82. The zero-order chi connectivity index (χ0) is 16.4. The molecule has 1 aromatic carbocycles. The Hall–Kier alpha value is -2.03. The third-order valence-corrected chi connectivity index (χ3v) is 3.77. The first-order chi connectivity index (χ1) is 11.0. The number of anilines is 2. The van der Waals surface area contributed by atoms with Gasteiger partial charge in [0.15, 0.2) is 10.4 Å². The Morgan fingerprint density at radius 3 is 2.57 bits per heavy atom. The minimum atomic E-state index is -0.570. The number of aromatic nitrogens is 2. The van der Waals surface area contributed by atoms with E-state index in [4.69, 9.17) is 32.0 Å². The van der Waals surface area contributed by atoms with Crippen molar-refractivity contribution in [1.29, 1.82) is 0 Å². The molecule has 2 heterocycles. The smallest absolute Gasteiger partial charge is 0.327 e. The molecule has 10 heteroatoms. The lowest BCUT2D eigenvalue weighted by Crippen LogP contribution is -2.19. The fraction of sp³-hybridized carbons (Fsp3) is 0. The third-order valence-electron chi connectivity index (χ3n) is 2.61. The molecule has 0 spiro atoms. The van der Waals surface area contributed by atoms with Crippen LogP contribution in [0.2, 0.25) is 10.0 Å². The number of urea groups is 1. The molecule has 0 saturated carbocycles. The number of furan rings is 1. The van der Waals surface area contributed by atoms with Crippen molar-refractivity contribution in [1.82, 2.24) is 10.2 Å². The van der Waals surface area contributed by atoms with Crippen LogP contribution < -0.4 is 10.6 Å². The van der Waals surface area contributed by atoms with Gasteiger partial charge in [-0.3, -0.25) is 5.32 Å². The number of hydrogen-bond acceptors (Lipinski definition) is 5. The summed E-state index contributed by atoms with van der Waals surface area (Å²) in [6.07, 6.45) is 0. The second kappa shape index (κ2) is 6.61. The highest BCUT2D eigenvalue weighted by Gasteiger charge is 2.14. The standard InChI is InChI=1S/C13H7BrCl2N4O3/c14-10-4-3-9(22-10)11-19-20-13(23-11)18-12(21)17-6-1-2-7(15)8(16)5-6/h1-5H,(H2,17,18,20,21). The summed E-state index contributed by atoms with van der Waals surface area (Å²) in [5.41, 5.74) is 0.464. The maximum absolute atomic E-state index is 11.9. The predicted octanol–water partition coefficient (Wildman–Crippen LogP) is 5.04. The molecule has 118 valence electrons. The van der Waals surface area contributed by atoms with Gasteiger partial charge in [-0.25, -0.2) is 4.79 Å². The molecule has 0 atom stereocenters. The van der Waals surface area contributed by atoms with Gasteiger partial charge in [-0.1, -0.05) is 28.3 Å². The Balaban J connectivity index is 1.66. The Bertz CT molecular complexity index is 865. The molecule has 0 aliphatic carbocycles. The van der Waals surface area contributed by atoms with Gasteiger partial charge in [0.1, 0.15) is 0 Å². The molecule has 23 heavy (non-hydrogen) atoms. The number of amides is 2. The molecule has 2 N–H and O–H groups in total. The normalized spacial score (nSPS) is 10.6. The van der Waals surface area contributed by atoms with E-state index >= 15 is 0 Å². The van der Waals surface area contributed by atoms with Gasteiger partial charge in [-0.15, -0.1) is 5.10 Å². The number of benzene rings is 1. The molecule has 0 unspecified atom stereocenters. The third kappa shape index (κ3) is 3.84. The van der Waals surface area contributed by atoms with E-state index in [2.05, 4.69) is 36.8 Å². The highest BCUT2D eigenvalue weighted by Crippen LogP contribution is 2.26. The molecular weight excluding hydrogens is 411 g/mol. The summed E-state index contributed by atoms with van der Waals surface area (Å²) in [7, 11) is 0. The van der Waals surface area contributed by atoms with E-state index in [1.54, 1.807) is 24.3 Å². The van der Waals surface area contributed by atoms with Crippen LogP contribution >= 0.6 is 39.1 Å². The van der Waals surface area contributed by atoms with E-state index in [1.165, 1.54) is 6.07 Å². The zero-order valence-corrected chi connectivity index (χ0v) is 14.2. The molecule has 0 saturated heterocycles. The van der Waals surface area contributed by atoms with Crippen molar-refractivity contribution in [2.24, 2.45) is 0 Å². The van der Waals surface area contributed by atoms with E-state index in [-0.39, 0.29) is 11.9 Å². The van der Waals surface area contributed by atoms with Crippen LogP contribution in [0.1, 0.15) is 0 Å². The van der Waals surface area contributed by atoms with Gasteiger partial charge in [0.05, 0.1) is 10.0 Å². The van der Waals surface area contributed by atoms with Crippen LogP contribution in [0.3, 0.4) is 0 Å². The van der Waals surface area contributed by atoms with Crippen molar-refractivity contribution in [2.45, 2.75) is 0 Å². The maximum Gasteiger partial charge on any atom is 0.327 e. The van der Waals surface area contributed by atoms with E-state index in [0.717, 1.165) is 0 Å². The van der Waals surface area contributed by atoms with Crippen LogP contribution in [0.25, 0.3) is 11.7 Å². The van der Waals surface area contributed by atoms with E-state index < -0.39 is 6.03 Å². The monoisotopic (exact) mass is 416 g/mol. The van der Waals surface area contributed by atoms with Gasteiger partial charge in [0, 0.05) is 5.69 Å². The zero-order valence-electron chi connectivity index (χ0n) is 11.1. The summed E-state index contributed by atoms with van der Waals surface area (Å²) < 4.78 is 11.1. The van der Waals surface area contributed by atoms with Crippen LogP contribution in [0.4, 0.5) is 16.5 Å². The number of rotatable bonds is 3. The molecule has 7 nitrogen and oxygen atoms in total. The predicted molar refractivity (Wildman–Crippen MR) is 88.8 cm³/mol. The Morgan fingerprint density at radius 2 is 1.87 bits per heavy atom. The number of hydrogen-bond donors (Lipinski definition) is 2. The summed E-state index contributed by atoms with van der Waals surface area (Å²) in [6.45, 7) is 0. The van der Waals surface area contributed by atoms with Crippen LogP contribution in [-0.4, -0.2) is 16.2 Å². The SMILES string of the molecule is O=C(Nc1ccc(Cl)c(Cl)c1)Nc1nnc(-c2ccc(Br)o2)o1. The lowest BCUT2D eigenvalue weighted by atomic mass is 10.3. The van der Waals surface area contributed by atoms with Crippen molar-refractivity contribution in [3.8, 4) is 11.7 Å². The Kier molecular flexibility index (Phi) is 4.56. The van der Waals surface area contributed by atoms with Crippen LogP contribution in [0, 0.1) is 0 Å². The Labute approximate surface area is 148 Å². The highest BCUT2D eigenvalue weighted by molar-refractivity contribution is 9.10. The van der Waals surface area contributed by atoms with Crippen molar-refractivity contribution < 1.29 is 13.6 Å². The largest absolute Gasteiger partial charge is 0.444 e. The molecule has 0 bridgehead atoms. The summed E-state index contributed by atoms with van der Waals surface area (Å²) in [5, 5.41) is 13.2. The second-order valence-electron chi connectivity index (χ2n) is 4.22. The quantitative estimate of drug-likeness (QED) is 0.622. The van der Waals surface area contributed by atoms with Crippen molar-refractivity contribution in [3.05, 3.63) is 45.0 Å². The van der Waals surface area contributed by atoms with Crippen molar-refractivity contribution >= 4 is 56.9 Å². The average molecular weight is 418 g/mol. The molecular formula is C13H7BrCl2N4O3. The van der Waals surface area contributed by atoms with Gasteiger partial charge in [0.2, 0.25) is 0 Å². The number of nitrogens with one attached hydrogen (secondary N) is 2. The Morgan fingerprint density at radius 1 is 1.04 bits per heavy atom. The summed E-state index contributed by atoms with van der Waals surface area (Å²) in [4.78, 5) is 11.9. The van der Waals surface area contributed by atoms with Gasteiger partial charge in [-0.05, 0) is 46.3 Å². The topological polar surface area (TPSA) is 93.2 Å². The summed E-state index contributed by atoms with van der Waals surface area (Å²) in [6, 6.07) is 7.38. The molecule has 3 rings (SSSR count). The molecule has 2 aromatic heterocycles. The minimum Gasteiger partial charge on any atom is -0.444 e. The van der Waals surface area contributed by atoms with Gasteiger partial charge < -0.3 is 14.2 Å². The maximum atomic E-state index is 11.9. The lowest BCUT2D eigenvalue weighted by Gasteiger charge is -2.05. The number of carbonyl (C=O) groups is 1. The average Bonchev–Trinajstić information content (AvgIpc) is 3.12. The van der Waals surface area contributed by atoms with Gasteiger partial charge in [0.25, 0.3) is 5.89 Å². The molecule has 0 fully saturated rings. The highest BCUT2D eigenvalue weighted by atomic mass is 79.9. The molecule has 2 amide bonds. The molecule has 0 aliphatic heterocycles. The van der Waals surface area contributed by atoms with E-state index in [1.807, 2.05) is 0 Å². The summed E-state index contributed by atoms with van der Waals surface area (Å²) in [5.74, 6) is 0.517. The number of nitrogens with zero attached hydrogens (tertiary/aromatic N) is 2. The fourth-order valence-electron chi connectivity index (χ4n) is 1.64. The van der Waals surface area contributed by atoms with E-state index in [9.17, 15) is 4.79 Å².